The molecule has 0 aliphatic carbocycles. The number of hydrogen-bond donors (Lipinski definition) is 1. The molecule has 0 heterocycles. The fraction of sp³-hybridized carbons (Fsp3) is 0.235. The van der Waals surface area contributed by atoms with Gasteiger partial charge in [-0.1, -0.05) is 30.3 Å². The lowest BCUT2D eigenvalue weighted by molar-refractivity contribution is 0.410. The number of amidine groups is 1. The quantitative estimate of drug-likeness (QED) is 0.683. The molecule has 2 N–H and O–H groups in total. The second kappa shape index (κ2) is 6.24. The minimum absolute atomic E-state index is 0.517. The molecule has 0 amide bonds. The number of rotatable bonds is 4. The summed E-state index contributed by atoms with van der Waals surface area (Å²) < 4.78 is 5.31. The Hall–Kier alpha value is -2.29. The van der Waals surface area contributed by atoms with E-state index in [0.29, 0.717) is 12.4 Å². The summed E-state index contributed by atoms with van der Waals surface area (Å²) in [6, 6.07) is 14.0. The number of ether oxygens (including phenoxy) is 1. The van der Waals surface area contributed by atoms with Crippen LogP contribution in [0.1, 0.15) is 22.3 Å². The summed E-state index contributed by atoms with van der Waals surface area (Å²) in [5, 5.41) is 0. The van der Waals surface area contributed by atoms with Gasteiger partial charge in [-0.15, -0.1) is 0 Å². The van der Waals surface area contributed by atoms with Crippen LogP contribution in [0.4, 0.5) is 0 Å². The first-order valence-corrected chi connectivity index (χ1v) is 6.61. The van der Waals surface area contributed by atoms with Crippen molar-refractivity contribution >= 4 is 5.84 Å². The van der Waals surface area contributed by atoms with Gasteiger partial charge in [0.05, 0.1) is 13.7 Å². The van der Waals surface area contributed by atoms with Crippen LogP contribution in [0.3, 0.4) is 0 Å². The fourth-order valence-electron chi connectivity index (χ4n) is 2.00. The van der Waals surface area contributed by atoms with Crippen LogP contribution in [0.15, 0.2) is 47.5 Å². The molecule has 0 spiro atoms. The number of para-hydroxylation sites is 1. The molecule has 0 aliphatic rings. The summed E-state index contributed by atoms with van der Waals surface area (Å²) in [4.78, 5) is 4.46. The van der Waals surface area contributed by atoms with E-state index in [2.05, 4.69) is 31.0 Å². The van der Waals surface area contributed by atoms with Gasteiger partial charge in [-0.2, -0.15) is 0 Å². The van der Waals surface area contributed by atoms with E-state index in [9.17, 15) is 0 Å². The van der Waals surface area contributed by atoms with E-state index >= 15 is 0 Å². The standard InChI is InChI=1S/C17H20N2O/c1-12-8-9-14(10-13(12)2)17(18)19-11-15-6-4-5-7-16(15)20-3/h4-10H,11H2,1-3H3,(H2,18,19). The lowest BCUT2D eigenvalue weighted by Crippen LogP contribution is -2.14. The third-order valence-electron chi connectivity index (χ3n) is 3.41. The Morgan fingerprint density at radius 3 is 2.55 bits per heavy atom. The van der Waals surface area contributed by atoms with Gasteiger partial charge >= 0.3 is 0 Å². The number of nitrogens with two attached hydrogens (primary N) is 1. The van der Waals surface area contributed by atoms with Crippen LogP contribution in [0.2, 0.25) is 0 Å². The first kappa shape index (κ1) is 14.1. The molecule has 0 atom stereocenters. The second-order valence-electron chi connectivity index (χ2n) is 4.81. The zero-order chi connectivity index (χ0) is 14.5. The third-order valence-corrected chi connectivity index (χ3v) is 3.41. The van der Waals surface area contributed by atoms with Gasteiger partial charge in [-0.25, -0.2) is 0 Å². The maximum atomic E-state index is 6.06. The Morgan fingerprint density at radius 1 is 1.10 bits per heavy atom. The van der Waals surface area contributed by atoms with Crippen LogP contribution in [0.5, 0.6) is 5.75 Å². The van der Waals surface area contributed by atoms with Crippen LogP contribution in [0.25, 0.3) is 0 Å². The van der Waals surface area contributed by atoms with E-state index in [1.807, 2.05) is 30.3 Å². The second-order valence-corrected chi connectivity index (χ2v) is 4.81. The molecule has 2 aromatic rings. The molecular weight excluding hydrogens is 248 g/mol. The largest absolute Gasteiger partial charge is 0.496 e. The molecule has 0 saturated heterocycles. The van der Waals surface area contributed by atoms with E-state index in [0.717, 1.165) is 16.9 Å². The highest BCUT2D eigenvalue weighted by molar-refractivity contribution is 5.97. The van der Waals surface area contributed by atoms with Gasteiger partial charge in [0.25, 0.3) is 0 Å². The van der Waals surface area contributed by atoms with Gasteiger partial charge in [-0.3, -0.25) is 4.99 Å². The molecule has 20 heavy (non-hydrogen) atoms. The molecule has 0 aliphatic heterocycles. The van der Waals surface area contributed by atoms with Crippen molar-refractivity contribution in [1.82, 2.24) is 0 Å². The van der Waals surface area contributed by atoms with E-state index in [-0.39, 0.29) is 0 Å². The number of benzene rings is 2. The summed E-state index contributed by atoms with van der Waals surface area (Å²) in [7, 11) is 1.66. The van der Waals surface area contributed by atoms with Crippen molar-refractivity contribution in [3.8, 4) is 5.75 Å². The van der Waals surface area contributed by atoms with Gasteiger partial charge in [0.1, 0.15) is 11.6 Å². The lowest BCUT2D eigenvalue weighted by atomic mass is 10.1. The summed E-state index contributed by atoms with van der Waals surface area (Å²) >= 11 is 0. The van der Waals surface area contributed by atoms with Crippen LogP contribution in [-0.2, 0) is 6.54 Å². The van der Waals surface area contributed by atoms with E-state index in [1.165, 1.54) is 11.1 Å². The van der Waals surface area contributed by atoms with Gasteiger partial charge < -0.3 is 10.5 Å². The first-order chi connectivity index (χ1) is 9.61. The predicted octanol–water partition coefficient (Wildman–Crippen LogP) is 3.22. The monoisotopic (exact) mass is 268 g/mol. The Kier molecular flexibility index (Phi) is 4.41. The number of aryl methyl sites for hydroxylation is 2. The van der Waals surface area contributed by atoms with Crippen molar-refractivity contribution in [3.05, 3.63) is 64.7 Å². The van der Waals surface area contributed by atoms with Crippen molar-refractivity contribution in [2.45, 2.75) is 20.4 Å². The van der Waals surface area contributed by atoms with Gasteiger partial charge in [0.2, 0.25) is 0 Å². The highest BCUT2D eigenvalue weighted by atomic mass is 16.5. The maximum absolute atomic E-state index is 6.06. The molecule has 3 heteroatoms. The maximum Gasteiger partial charge on any atom is 0.125 e. The minimum atomic E-state index is 0.517. The normalized spacial score (nSPS) is 11.4. The molecule has 2 rings (SSSR count). The van der Waals surface area contributed by atoms with Crippen LogP contribution in [-0.4, -0.2) is 12.9 Å². The highest BCUT2D eigenvalue weighted by Gasteiger charge is 2.03. The Balaban J connectivity index is 2.20. The van der Waals surface area contributed by atoms with Crippen LogP contribution in [0, 0.1) is 13.8 Å². The van der Waals surface area contributed by atoms with E-state index in [4.69, 9.17) is 10.5 Å². The molecule has 0 fully saturated rings. The van der Waals surface area contributed by atoms with Crippen molar-refractivity contribution in [3.63, 3.8) is 0 Å². The topological polar surface area (TPSA) is 47.6 Å². The van der Waals surface area contributed by atoms with Crippen LogP contribution >= 0.6 is 0 Å². The van der Waals surface area contributed by atoms with Crippen molar-refractivity contribution in [2.75, 3.05) is 7.11 Å². The Bertz CT molecular complexity index is 633. The lowest BCUT2D eigenvalue weighted by Gasteiger charge is -2.07. The van der Waals surface area contributed by atoms with E-state index < -0.39 is 0 Å². The zero-order valence-electron chi connectivity index (χ0n) is 12.2. The highest BCUT2D eigenvalue weighted by Crippen LogP contribution is 2.18. The molecule has 0 aromatic heterocycles. The summed E-state index contributed by atoms with van der Waals surface area (Å²) in [5.41, 5.74) is 10.5. The molecule has 104 valence electrons. The molecule has 3 nitrogen and oxygen atoms in total. The number of methoxy groups -OCH3 is 1. The van der Waals surface area contributed by atoms with Gasteiger partial charge in [0, 0.05) is 11.1 Å². The summed E-state index contributed by atoms with van der Waals surface area (Å²) in [5.74, 6) is 1.39. The molecule has 0 unspecified atom stereocenters. The molecular formula is C17H20N2O. The predicted molar refractivity (Wildman–Crippen MR) is 83.3 cm³/mol. The van der Waals surface area contributed by atoms with Crippen molar-refractivity contribution < 1.29 is 4.74 Å². The first-order valence-electron chi connectivity index (χ1n) is 6.61. The van der Waals surface area contributed by atoms with Crippen LogP contribution < -0.4 is 10.5 Å². The third kappa shape index (κ3) is 3.18. The molecule has 0 saturated carbocycles. The van der Waals surface area contributed by atoms with Crippen molar-refractivity contribution in [1.29, 1.82) is 0 Å². The molecule has 0 radical (unpaired) electrons. The number of aliphatic imine (C=N–C) groups is 1. The molecule has 2 aromatic carbocycles. The number of nitrogens with zero attached hydrogens (tertiary/aromatic N) is 1. The Morgan fingerprint density at radius 2 is 1.85 bits per heavy atom. The smallest absolute Gasteiger partial charge is 0.125 e. The van der Waals surface area contributed by atoms with E-state index in [1.54, 1.807) is 7.11 Å². The summed E-state index contributed by atoms with van der Waals surface area (Å²) in [6.45, 7) is 4.68. The van der Waals surface area contributed by atoms with Crippen molar-refractivity contribution in [2.24, 2.45) is 10.7 Å². The van der Waals surface area contributed by atoms with Gasteiger partial charge in [-0.05, 0) is 37.1 Å². The fourth-order valence-corrected chi connectivity index (χ4v) is 2.00. The van der Waals surface area contributed by atoms with Gasteiger partial charge in [0.15, 0.2) is 0 Å². The average molecular weight is 268 g/mol. The Labute approximate surface area is 120 Å². The summed E-state index contributed by atoms with van der Waals surface area (Å²) in [6.07, 6.45) is 0. The minimum Gasteiger partial charge on any atom is -0.496 e. The number of hydrogen-bond acceptors (Lipinski definition) is 2. The average Bonchev–Trinajstić information content (AvgIpc) is 2.47. The molecule has 0 bridgehead atoms. The zero-order valence-corrected chi connectivity index (χ0v) is 12.2. The SMILES string of the molecule is COc1ccccc1CN=C(N)c1ccc(C)c(C)c1.